The molecule has 8 heteroatoms. The van der Waals surface area contributed by atoms with E-state index in [4.69, 9.17) is 9.72 Å². The largest absolute Gasteiger partial charge is 0.483 e. The number of carbonyl (C=O) groups is 1. The predicted octanol–water partition coefficient (Wildman–Crippen LogP) is 6.77. The van der Waals surface area contributed by atoms with Gasteiger partial charge in [0, 0.05) is 18.7 Å². The highest BCUT2D eigenvalue weighted by Gasteiger charge is 2.30. The van der Waals surface area contributed by atoms with Crippen molar-refractivity contribution in [3.63, 3.8) is 0 Å². The Labute approximate surface area is 207 Å². The van der Waals surface area contributed by atoms with E-state index < -0.39 is 17.8 Å². The van der Waals surface area contributed by atoms with Crippen molar-refractivity contribution in [1.29, 1.82) is 0 Å². The van der Waals surface area contributed by atoms with Crippen LogP contribution in [0.2, 0.25) is 0 Å². The summed E-state index contributed by atoms with van der Waals surface area (Å²) in [6.45, 7) is 4.65. The molecule has 4 aromatic rings. The third-order valence-corrected chi connectivity index (χ3v) is 5.87. The van der Waals surface area contributed by atoms with Crippen LogP contribution in [-0.4, -0.2) is 22.0 Å². The van der Waals surface area contributed by atoms with E-state index >= 15 is 0 Å². The highest BCUT2D eigenvalue weighted by Crippen LogP contribution is 2.31. The fourth-order valence-electron chi connectivity index (χ4n) is 4.03. The van der Waals surface area contributed by atoms with E-state index in [2.05, 4.69) is 12.2 Å². The highest BCUT2D eigenvalue weighted by molar-refractivity contribution is 5.97. The van der Waals surface area contributed by atoms with Crippen LogP contribution in [0.1, 0.15) is 60.1 Å². The zero-order chi connectivity index (χ0) is 25.7. The number of nitrogens with zero attached hydrogens (tertiary/aromatic N) is 2. The number of aromatic nitrogens is 2. The fourth-order valence-corrected chi connectivity index (χ4v) is 4.03. The predicted molar refractivity (Wildman–Crippen MR) is 133 cm³/mol. The second-order valence-electron chi connectivity index (χ2n) is 8.64. The number of hydrogen-bond donors (Lipinski definition) is 1. The van der Waals surface area contributed by atoms with Gasteiger partial charge in [0.1, 0.15) is 5.75 Å². The van der Waals surface area contributed by atoms with Gasteiger partial charge in [-0.1, -0.05) is 43.7 Å². The minimum absolute atomic E-state index is 0.167. The molecule has 0 bridgehead atoms. The van der Waals surface area contributed by atoms with Crippen LogP contribution in [0.25, 0.3) is 11.0 Å². The van der Waals surface area contributed by atoms with Crippen molar-refractivity contribution in [2.75, 3.05) is 6.54 Å². The number of amides is 1. The van der Waals surface area contributed by atoms with Crippen LogP contribution in [0, 0.1) is 0 Å². The highest BCUT2D eigenvalue weighted by atomic mass is 19.4. The van der Waals surface area contributed by atoms with Crippen LogP contribution in [0.5, 0.6) is 5.75 Å². The Bertz CT molecular complexity index is 1330. The zero-order valence-corrected chi connectivity index (χ0v) is 20.2. The van der Waals surface area contributed by atoms with Gasteiger partial charge in [-0.15, -0.1) is 0 Å². The van der Waals surface area contributed by atoms with Gasteiger partial charge in [-0.05, 0) is 61.4 Å². The van der Waals surface area contributed by atoms with Gasteiger partial charge in [0.05, 0.1) is 16.6 Å². The Morgan fingerprint density at radius 3 is 2.56 bits per heavy atom. The van der Waals surface area contributed by atoms with E-state index in [9.17, 15) is 18.0 Å². The van der Waals surface area contributed by atoms with E-state index in [0.29, 0.717) is 40.3 Å². The first kappa shape index (κ1) is 25.3. The normalized spacial score (nSPS) is 12.5. The lowest BCUT2D eigenvalue weighted by molar-refractivity contribution is -0.137. The Morgan fingerprint density at radius 1 is 1.06 bits per heavy atom. The molecule has 0 spiro atoms. The lowest BCUT2D eigenvalue weighted by Gasteiger charge is -2.17. The molecule has 188 valence electrons. The first-order valence-corrected chi connectivity index (χ1v) is 11.9. The number of rotatable bonds is 9. The monoisotopic (exact) mass is 495 g/mol. The van der Waals surface area contributed by atoms with Crippen LogP contribution in [0.4, 0.5) is 13.2 Å². The Balaban J connectivity index is 1.72. The number of halogens is 3. The molecule has 0 fully saturated rings. The van der Waals surface area contributed by atoms with Gasteiger partial charge in [0.25, 0.3) is 5.91 Å². The smallest absolute Gasteiger partial charge is 0.416 e. The van der Waals surface area contributed by atoms with E-state index in [1.807, 2.05) is 41.8 Å². The van der Waals surface area contributed by atoms with Crippen molar-refractivity contribution in [3.8, 4) is 5.75 Å². The third kappa shape index (κ3) is 5.87. The summed E-state index contributed by atoms with van der Waals surface area (Å²) in [5.41, 5.74) is 1.54. The molecule has 0 aliphatic rings. The minimum atomic E-state index is -4.43. The molecule has 0 aliphatic heterocycles. The maximum atomic E-state index is 13.3. The lowest BCUT2D eigenvalue weighted by Crippen LogP contribution is -2.24. The number of nitrogens with one attached hydrogen (secondary N) is 1. The van der Waals surface area contributed by atoms with Crippen LogP contribution in [-0.2, 0) is 12.7 Å². The molecule has 4 rings (SSSR count). The van der Waals surface area contributed by atoms with Gasteiger partial charge in [0.15, 0.2) is 11.9 Å². The van der Waals surface area contributed by atoms with Gasteiger partial charge in [0.2, 0.25) is 0 Å². The van der Waals surface area contributed by atoms with Crippen LogP contribution < -0.4 is 10.1 Å². The second-order valence-corrected chi connectivity index (χ2v) is 8.64. The molecular formula is C28H28F3N3O2. The molecule has 1 aromatic heterocycles. The molecule has 3 aromatic carbocycles. The molecule has 1 amide bonds. The molecule has 1 unspecified atom stereocenters. The topological polar surface area (TPSA) is 56.1 Å². The maximum absolute atomic E-state index is 13.3. The summed E-state index contributed by atoms with van der Waals surface area (Å²) in [5, 5.41) is 2.90. The summed E-state index contributed by atoms with van der Waals surface area (Å²) in [6.07, 6.45) is -3.06. The fraction of sp³-hybridized carbons (Fsp3) is 0.286. The van der Waals surface area contributed by atoms with Gasteiger partial charge < -0.3 is 14.6 Å². The molecule has 36 heavy (non-hydrogen) atoms. The van der Waals surface area contributed by atoms with Crippen molar-refractivity contribution in [1.82, 2.24) is 14.9 Å². The number of imidazole rings is 1. The Hall–Kier alpha value is -3.81. The lowest BCUT2D eigenvalue weighted by atomic mass is 10.1. The Kier molecular flexibility index (Phi) is 7.62. The molecule has 0 saturated heterocycles. The minimum Gasteiger partial charge on any atom is -0.483 e. The standard InChI is InChI=1S/C28H28F3N3O2/c1-3-4-15-32-27(35)21-13-14-25-24(17-21)33-26(19(2)36-23-11-6-5-7-12-23)34(25)18-20-9-8-10-22(16-20)28(29,30)31/h5-14,16-17,19H,3-4,15,18H2,1-2H3,(H,32,35). The maximum Gasteiger partial charge on any atom is 0.416 e. The number of fused-ring (bicyclic) bond motifs is 1. The molecular weight excluding hydrogens is 467 g/mol. The molecule has 0 saturated carbocycles. The summed E-state index contributed by atoms with van der Waals surface area (Å²) in [4.78, 5) is 17.3. The number of carbonyl (C=O) groups excluding carboxylic acids is 1. The van der Waals surface area contributed by atoms with E-state index in [-0.39, 0.29) is 12.5 Å². The van der Waals surface area contributed by atoms with Crippen molar-refractivity contribution in [2.45, 2.75) is 45.5 Å². The zero-order valence-electron chi connectivity index (χ0n) is 20.2. The number of hydrogen-bond acceptors (Lipinski definition) is 3. The van der Waals surface area contributed by atoms with Crippen molar-refractivity contribution >= 4 is 16.9 Å². The summed E-state index contributed by atoms with van der Waals surface area (Å²) >= 11 is 0. The first-order chi connectivity index (χ1) is 17.3. The van der Waals surface area contributed by atoms with Gasteiger partial charge >= 0.3 is 6.18 Å². The average Bonchev–Trinajstić information content (AvgIpc) is 3.22. The van der Waals surface area contributed by atoms with E-state index in [1.54, 1.807) is 24.3 Å². The molecule has 0 radical (unpaired) electrons. The number of unbranched alkanes of at least 4 members (excludes halogenated alkanes) is 1. The summed E-state index contributed by atoms with van der Waals surface area (Å²) in [7, 11) is 0. The number of ether oxygens (including phenoxy) is 1. The van der Waals surface area contributed by atoms with Gasteiger partial charge in [-0.3, -0.25) is 4.79 Å². The molecule has 0 aliphatic carbocycles. The van der Waals surface area contributed by atoms with Gasteiger partial charge in [-0.2, -0.15) is 13.2 Å². The summed E-state index contributed by atoms with van der Waals surface area (Å²) < 4.78 is 47.8. The molecule has 5 nitrogen and oxygen atoms in total. The molecule has 1 N–H and O–H groups in total. The Morgan fingerprint density at radius 2 is 1.83 bits per heavy atom. The summed E-state index contributed by atoms with van der Waals surface area (Å²) in [5.74, 6) is 1.02. The average molecular weight is 496 g/mol. The van der Waals surface area contributed by atoms with Crippen LogP contribution in [0.3, 0.4) is 0 Å². The molecule has 1 atom stereocenters. The number of benzene rings is 3. The van der Waals surface area contributed by atoms with Crippen molar-refractivity contribution in [3.05, 3.63) is 95.3 Å². The van der Waals surface area contributed by atoms with E-state index in [0.717, 1.165) is 25.0 Å². The van der Waals surface area contributed by atoms with E-state index in [1.165, 1.54) is 6.07 Å². The summed E-state index contributed by atoms with van der Waals surface area (Å²) in [6, 6.07) is 19.7. The first-order valence-electron chi connectivity index (χ1n) is 11.9. The third-order valence-electron chi connectivity index (χ3n) is 5.87. The van der Waals surface area contributed by atoms with Gasteiger partial charge in [-0.25, -0.2) is 4.98 Å². The number of para-hydroxylation sites is 1. The SMILES string of the molecule is CCCCNC(=O)c1ccc2c(c1)nc(C(C)Oc1ccccc1)n2Cc1cccc(C(F)(F)F)c1. The second kappa shape index (κ2) is 10.8. The van der Waals surface area contributed by atoms with Crippen molar-refractivity contribution < 1.29 is 22.7 Å². The van der Waals surface area contributed by atoms with Crippen LogP contribution in [0.15, 0.2) is 72.8 Å². The quantitative estimate of drug-likeness (QED) is 0.261. The van der Waals surface area contributed by atoms with Crippen molar-refractivity contribution in [2.24, 2.45) is 0 Å². The molecule has 1 heterocycles. The number of alkyl halides is 3. The van der Waals surface area contributed by atoms with Crippen LogP contribution >= 0.6 is 0 Å².